The lowest BCUT2D eigenvalue weighted by Gasteiger charge is -2.21. The van der Waals surface area contributed by atoms with Crippen LogP contribution in [0.25, 0.3) is 0 Å². The van der Waals surface area contributed by atoms with Gasteiger partial charge >= 0.3 is 5.97 Å². The third-order valence-corrected chi connectivity index (χ3v) is 3.41. The summed E-state index contributed by atoms with van der Waals surface area (Å²) in [5, 5.41) is 0. The second kappa shape index (κ2) is 3.51. The van der Waals surface area contributed by atoms with E-state index in [1.165, 1.54) is 7.11 Å². The van der Waals surface area contributed by atoms with E-state index >= 15 is 0 Å². The van der Waals surface area contributed by atoms with Gasteiger partial charge < -0.3 is 15.2 Å². The molecule has 0 aromatic heterocycles. The van der Waals surface area contributed by atoms with Crippen LogP contribution < -0.4 is 5.73 Å². The van der Waals surface area contributed by atoms with E-state index in [0.29, 0.717) is 0 Å². The predicted octanol–water partition coefficient (Wildman–Crippen LogP) is 0.446. The number of carbonyl (C=O) groups is 1. The second-order valence-corrected chi connectivity index (χ2v) is 4.34. The van der Waals surface area contributed by atoms with Crippen LogP contribution in [0.4, 0.5) is 0 Å². The number of carbonyl (C=O) groups excluding carboxylic acids is 1. The van der Waals surface area contributed by atoms with E-state index in [0.717, 1.165) is 32.3 Å². The Balaban J connectivity index is 2.06. The maximum absolute atomic E-state index is 11.4. The first-order chi connectivity index (χ1) is 6.67. The summed E-state index contributed by atoms with van der Waals surface area (Å²) in [5.74, 6) is -0.358. The summed E-state index contributed by atoms with van der Waals surface area (Å²) >= 11 is 0. The topological polar surface area (TPSA) is 61.5 Å². The van der Waals surface area contributed by atoms with E-state index < -0.39 is 0 Å². The fourth-order valence-electron chi connectivity index (χ4n) is 2.69. The number of hydrogen-bond acceptors (Lipinski definition) is 4. The first-order valence-corrected chi connectivity index (χ1v) is 5.14. The van der Waals surface area contributed by atoms with E-state index in [9.17, 15) is 4.79 Å². The standard InChI is InChI=1S/C10H17NO3/c1-13-9(12)7-5-10(6-8(7)11)3-2-4-14-10/h7-8H,2-6,11H2,1H3/t7-,8+,10?/m0/s1. The van der Waals surface area contributed by atoms with Gasteiger partial charge in [-0.1, -0.05) is 0 Å². The Morgan fingerprint density at radius 2 is 2.36 bits per heavy atom. The molecule has 2 fully saturated rings. The van der Waals surface area contributed by atoms with Crippen LogP contribution in [-0.2, 0) is 14.3 Å². The van der Waals surface area contributed by atoms with Gasteiger partial charge in [-0.3, -0.25) is 4.79 Å². The van der Waals surface area contributed by atoms with E-state index in [1.54, 1.807) is 0 Å². The van der Waals surface area contributed by atoms with Crippen molar-refractivity contribution in [3.63, 3.8) is 0 Å². The minimum absolute atomic E-state index is 0.0967. The Kier molecular flexibility index (Phi) is 2.49. The average molecular weight is 199 g/mol. The van der Waals surface area contributed by atoms with E-state index in [1.807, 2.05) is 0 Å². The van der Waals surface area contributed by atoms with Gasteiger partial charge in [-0.15, -0.1) is 0 Å². The van der Waals surface area contributed by atoms with Crippen LogP contribution in [0, 0.1) is 5.92 Å². The average Bonchev–Trinajstić information content (AvgIpc) is 2.74. The van der Waals surface area contributed by atoms with E-state index in [-0.39, 0.29) is 23.5 Å². The molecule has 4 heteroatoms. The first kappa shape index (κ1) is 9.93. The molecule has 0 aromatic rings. The van der Waals surface area contributed by atoms with Gasteiger partial charge in [0.25, 0.3) is 0 Å². The maximum atomic E-state index is 11.4. The molecule has 3 atom stereocenters. The fourth-order valence-corrected chi connectivity index (χ4v) is 2.69. The van der Waals surface area contributed by atoms with Crippen LogP contribution in [0.1, 0.15) is 25.7 Å². The summed E-state index contributed by atoms with van der Waals surface area (Å²) < 4.78 is 10.4. The smallest absolute Gasteiger partial charge is 0.310 e. The minimum atomic E-state index is -0.190. The molecule has 1 spiro atoms. The third-order valence-electron chi connectivity index (χ3n) is 3.41. The minimum Gasteiger partial charge on any atom is -0.469 e. The number of nitrogens with two attached hydrogens (primary N) is 1. The van der Waals surface area contributed by atoms with Gasteiger partial charge in [-0.2, -0.15) is 0 Å². The van der Waals surface area contributed by atoms with Crippen LogP contribution in [0.3, 0.4) is 0 Å². The zero-order chi connectivity index (χ0) is 10.2. The molecule has 1 aliphatic heterocycles. The molecule has 1 heterocycles. The molecule has 4 nitrogen and oxygen atoms in total. The molecule has 1 aliphatic carbocycles. The second-order valence-electron chi connectivity index (χ2n) is 4.34. The summed E-state index contributed by atoms with van der Waals surface area (Å²) in [6.45, 7) is 0.806. The summed E-state index contributed by atoms with van der Waals surface area (Å²) in [6.07, 6.45) is 3.66. The van der Waals surface area contributed by atoms with Crippen molar-refractivity contribution in [2.75, 3.05) is 13.7 Å². The zero-order valence-electron chi connectivity index (χ0n) is 8.49. The summed E-state index contributed by atoms with van der Waals surface area (Å²) in [7, 11) is 1.41. The predicted molar refractivity (Wildman–Crippen MR) is 50.6 cm³/mol. The molecule has 1 saturated carbocycles. The van der Waals surface area contributed by atoms with Crippen LogP contribution in [0.15, 0.2) is 0 Å². The SMILES string of the molecule is COC(=O)[C@H]1CC2(CCCO2)C[C@H]1N. The van der Waals surface area contributed by atoms with Crippen molar-refractivity contribution in [1.82, 2.24) is 0 Å². The van der Waals surface area contributed by atoms with Crippen molar-refractivity contribution in [1.29, 1.82) is 0 Å². The van der Waals surface area contributed by atoms with Crippen molar-refractivity contribution < 1.29 is 14.3 Å². The molecule has 2 rings (SSSR count). The van der Waals surface area contributed by atoms with E-state index in [4.69, 9.17) is 15.2 Å². The fraction of sp³-hybridized carbons (Fsp3) is 0.900. The lowest BCUT2D eigenvalue weighted by atomic mass is 9.97. The van der Waals surface area contributed by atoms with Crippen molar-refractivity contribution >= 4 is 5.97 Å². The van der Waals surface area contributed by atoms with Gasteiger partial charge in [0.1, 0.15) is 0 Å². The van der Waals surface area contributed by atoms with Crippen LogP contribution in [-0.4, -0.2) is 31.3 Å². The molecular weight excluding hydrogens is 182 g/mol. The van der Waals surface area contributed by atoms with Gasteiger partial charge in [0.2, 0.25) is 0 Å². The molecular formula is C10H17NO3. The molecule has 2 aliphatic rings. The lowest BCUT2D eigenvalue weighted by Crippen LogP contribution is -2.31. The van der Waals surface area contributed by atoms with Crippen LogP contribution in [0.5, 0.6) is 0 Å². The molecule has 0 radical (unpaired) electrons. The van der Waals surface area contributed by atoms with Crippen molar-refractivity contribution in [3.05, 3.63) is 0 Å². The highest BCUT2D eigenvalue weighted by Gasteiger charge is 2.49. The highest BCUT2D eigenvalue weighted by Crippen LogP contribution is 2.43. The Bertz CT molecular complexity index is 236. The van der Waals surface area contributed by atoms with Gasteiger partial charge in [0, 0.05) is 12.6 Å². The van der Waals surface area contributed by atoms with Crippen molar-refractivity contribution in [3.8, 4) is 0 Å². The molecule has 14 heavy (non-hydrogen) atoms. The maximum Gasteiger partial charge on any atom is 0.310 e. The molecule has 1 saturated heterocycles. The lowest BCUT2D eigenvalue weighted by molar-refractivity contribution is -0.146. The molecule has 2 N–H and O–H groups in total. The summed E-state index contributed by atoms with van der Waals surface area (Å²) in [4.78, 5) is 11.4. The number of esters is 1. The van der Waals surface area contributed by atoms with Crippen LogP contribution >= 0.6 is 0 Å². The Morgan fingerprint density at radius 3 is 2.93 bits per heavy atom. The summed E-state index contributed by atoms with van der Waals surface area (Å²) in [6, 6.07) is -0.0967. The Labute approximate surface area is 83.7 Å². The van der Waals surface area contributed by atoms with Gasteiger partial charge in [0.15, 0.2) is 0 Å². The zero-order valence-corrected chi connectivity index (χ0v) is 8.49. The monoisotopic (exact) mass is 199 g/mol. The molecule has 0 bridgehead atoms. The third kappa shape index (κ3) is 1.53. The van der Waals surface area contributed by atoms with Crippen molar-refractivity contribution in [2.45, 2.75) is 37.3 Å². The van der Waals surface area contributed by atoms with Crippen molar-refractivity contribution in [2.24, 2.45) is 11.7 Å². The Morgan fingerprint density at radius 1 is 1.57 bits per heavy atom. The quantitative estimate of drug-likeness (QED) is 0.623. The highest BCUT2D eigenvalue weighted by atomic mass is 16.5. The molecule has 80 valence electrons. The largest absolute Gasteiger partial charge is 0.469 e. The van der Waals surface area contributed by atoms with Gasteiger partial charge in [-0.05, 0) is 25.7 Å². The highest BCUT2D eigenvalue weighted by molar-refractivity contribution is 5.73. The van der Waals surface area contributed by atoms with Gasteiger partial charge in [-0.25, -0.2) is 0 Å². The molecule has 0 amide bonds. The number of rotatable bonds is 1. The van der Waals surface area contributed by atoms with Gasteiger partial charge in [0.05, 0.1) is 18.6 Å². The molecule has 0 aromatic carbocycles. The first-order valence-electron chi connectivity index (χ1n) is 5.14. The number of methoxy groups -OCH3 is 1. The van der Waals surface area contributed by atoms with Crippen LogP contribution in [0.2, 0.25) is 0 Å². The molecule has 1 unspecified atom stereocenters. The Hall–Kier alpha value is -0.610. The summed E-state index contributed by atoms with van der Waals surface area (Å²) in [5.41, 5.74) is 5.82. The van der Waals surface area contributed by atoms with E-state index in [2.05, 4.69) is 0 Å². The number of hydrogen-bond donors (Lipinski definition) is 1. The number of ether oxygens (including phenoxy) is 2. The normalized spacial score (nSPS) is 41.9.